The second kappa shape index (κ2) is 4.69. The first-order valence-electron chi connectivity index (χ1n) is 4.21. The van der Waals surface area contributed by atoms with Gasteiger partial charge in [0.25, 0.3) is 0 Å². The van der Waals surface area contributed by atoms with Gasteiger partial charge in [0.1, 0.15) is 6.10 Å². The molecule has 0 N–H and O–H groups in total. The van der Waals surface area contributed by atoms with E-state index in [1.54, 1.807) is 6.92 Å². The van der Waals surface area contributed by atoms with E-state index in [0.717, 1.165) is 0 Å². The zero-order valence-corrected chi connectivity index (χ0v) is 7.45. The highest BCUT2D eigenvalue weighted by atomic mass is 16.7. The molecule has 1 saturated heterocycles. The fourth-order valence-electron chi connectivity index (χ4n) is 1.05. The molecular weight excluding hydrogens is 176 g/mol. The molecule has 0 aromatic heterocycles. The van der Waals surface area contributed by atoms with Crippen LogP contribution in [-0.4, -0.2) is 31.4 Å². The molecule has 5 heteroatoms. The third-order valence-corrected chi connectivity index (χ3v) is 1.62. The second-order valence-corrected chi connectivity index (χ2v) is 2.64. The van der Waals surface area contributed by atoms with Gasteiger partial charge in [0.15, 0.2) is 0 Å². The highest BCUT2D eigenvalue weighted by Gasteiger charge is 2.24. The minimum Gasteiger partial charge on any atom is -0.466 e. The highest BCUT2D eigenvalue weighted by molar-refractivity contribution is 5.70. The van der Waals surface area contributed by atoms with Crippen molar-refractivity contribution >= 4 is 12.1 Å². The fraction of sp³-hybridized carbons (Fsp3) is 0.750. The lowest BCUT2D eigenvalue weighted by atomic mass is 10.2. The number of carbonyl (C=O) groups is 2. The molecule has 5 nitrogen and oxygen atoms in total. The lowest BCUT2D eigenvalue weighted by Gasteiger charge is -2.21. The second-order valence-electron chi connectivity index (χ2n) is 2.64. The summed E-state index contributed by atoms with van der Waals surface area (Å²) in [5.74, 6) is -0.345. The quantitative estimate of drug-likeness (QED) is 0.615. The zero-order valence-electron chi connectivity index (χ0n) is 7.45. The van der Waals surface area contributed by atoms with Gasteiger partial charge in [-0.15, -0.1) is 0 Å². The van der Waals surface area contributed by atoms with Crippen molar-refractivity contribution in [3.63, 3.8) is 0 Å². The minimum absolute atomic E-state index is 0.114. The van der Waals surface area contributed by atoms with E-state index in [1.165, 1.54) is 0 Å². The van der Waals surface area contributed by atoms with Gasteiger partial charge in [0.2, 0.25) is 0 Å². The van der Waals surface area contributed by atoms with E-state index in [4.69, 9.17) is 9.47 Å². The molecule has 1 atom stereocenters. The van der Waals surface area contributed by atoms with Crippen molar-refractivity contribution in [3.8, 4) is 0 Å². The summed E-state index contributed by atoms with van der Waals surface area (Å²) < 4.78 is 14.0. The maximum atomic E-state index is 11.0. The molecule has 0 aliphatic carbocycles. The van der Waals surface area contributed by atoms with Crippen LogP contribution in [0.1, 0.15) is 19.8 Å². The maximum absolute atomic E-state index is 11.0. The Morgan fingerprint density at radius 3 is 3.08 bits per heavy atom. The Bertz CT molecular complexity index is 201. The molecule has 13 heavy (non-hydrogen) atoms. The Balaban J connectivity index is 2.27. The number of hydrogen-bond acceptors (Lipinski definition) is 5. The van der Waals surface area contributed by atoms with Crippen LogP contribution in [0, 0.1) is 0 Å². The van der Waals surface area contributed by atoms with Gasteiger partial charge in [-0.25, -0.2) is 4.79 Å². The number of esters is 1. The smallest absolute Gasteiger partial charge is 0.466 e. The van der Waals surface area contributed by atoms with Crippen LogP contribution in [0.5, 0.6) is 0 Å². The van der Waals surface area contributed by atoms with Crippen molar-refractivity contribution in [2.75, 3.05) is 13.2 Å². The van der Waals surface area contributed by atoms with Crippen LogP contribution in [0.3, 0.4) is 0 Å². The molecule has 0 aromatic rings. The Hall–Kier alpha value is -1.26. The van der Waals surface area contributed by atoms with E-state index in [-0.39, 0.29) is 18.5 Å². The van der Waals surface area contributed by atoms with Gasteiger partial charge in [0, 0.05) is 6.42 Å². The van der Waals surface area contributed by atoms with E-state index < -0.39 is 6.16 Å². The molecule has 1 rings (SSSR count). The topological polar surface area (TPSA) is 61.8 Å². The van der Waals surface area contributed by atoms with Crippen molar-refractivity contribution in [1.29, 1.82) is 0 Å². The summed E-state index contributed by atoms with van der Waals surface area (Å²) in [5.41, 5.74) is 0. The molecule has 0 saturated carbocycles. The molecular formula is C8H12O5. The van der Waals surface area contributed by atoms with Crippen LogP contribution < -0.4 is 0 Å². The fourth-order valence-corrected chi connectivity index (χ4v) is 1.05. The lowest BCUT2D eigenvalue weighted by molar-refractivity contribution is -0.146. The summed E-state index contributed by atoms with van der Waals surface area (Å²) in [5, 5.41) is 0. The van der Waals surface area contributed by atoms with Crippen LogP contribution in [0.25, 0.3) is 0 Å². The molecule has 1 heterocycles. The first kappa shape index (κ1) is 9.83. The van der Waals surface area contributed by atoms with E-state index in [1.807, 2.05) is 0 Å². The number of ether oxygens (including phenoxy) is 3. The van der Waals surface area contributed by atoms with Crippen LogP contribution in [0.4, 0.5) is 4.79 Å². The lowest BCUT2D eigenvalue weighted by Crippen LogP contribution is -2.29. The van der Waals surface area contributed by atoms with Crippen LogP contribution in [0.2, 0.25) is 0 Å². The normalized spacial score (nSPS) is 21.6. The monoisotopic (exact) mass is 188 g/mol. The number of carbonyl (C=O) groups excluding carboxylic acids is 2. The van der Waals surface area contributed by atoms with Crippen molar-refractivity contribution in [2.24, 2.45) is 0 Å². The largest absolute Gasteiger partial charge is 0.508 e. The van der Waals surface area contributed by atoms with Crippen molar-refractivity contribution < 1.29 is 23.8 Å². The SMILES string of the molecule is CCOC(=O)CC1CCOC(=O)O1. The number of hydrogen-bond donors (Lipinski definition) is 0. The van der Waals surface area contributed by atoms with Crippen LogP contribution in [0.15, 0.2) is 0 Å². The minimum atomic E-state index is -0.708. The first-order chi connectivity index (χ1) is 6.22. The van der Waals surface area contributed by atoms with E-state index in [0.29, 0.717) is 19.6 Å². The van der Waals surface area contributed by atoms with Gasteiger partial charge in [0.05, 0.1) is 19.6 Å². The molecule has 0 bridgehead atoms. The molecule has 1 aliphatic heterocycles. The Labute approximate surface area is 76.0 Å². The van der Waals surface area contributed by atoms with Gasteiger partial charge < -0.3 is 14.2 Å². The summed E-state index contributed by atoms with van der Waals surface area (Å²) in [6, 6.07) is 0. The third kappa shape index (κ3) is 3.31. The van der Waals surface area contributed by atoms with Crippen LogP contribution >= 0.6 is 0 Å². The van der Waals surface area contributed by atoms with Gasteiger partial charge >= 0.3 is 12.1 Å². The van der Waals surface area contributed by atoms with Gasteiger partial charge in [-0.1, -0.05) is 0 Å². The van der Waals surface area contributed by atoms with Crippen LogP contribution in [-0.2, 0) is 19.0 Å². The standard InChI is InChI=1S/C8H12O5/c1-2-11-7(9)5-6-3-4-12-8(10)13-6/h6H,2-5H2,1H3. The van der Waals surface area contributed by atoms with Crippen molar-refractivity contribution in [3.05, 3.63) is 0 Å². The average Bonchev–Trinajstić information content (AvgIpc) is 2.04. The van der Waals surface area contributed by atoms with Crippen molar-refractivity contribution in [2.45, 2.75) is 25.9 Å². The average molecular weight is 188 g/mol. The third-order valence-electron chi connectivity index (χ3n) is 1.62. The summed E-state index contributed by atoms with van der Waals surface area (Å²) in [7, 11) is 0. The molecule has 0 aromatic carbocycles. The summed E-state index contributed by atoms with van der Waals surface area (Å²) in [6.07, 6.45) is -0.436. The Morgan fingerprint density at radius 1 is 1.69 bits per heavy atom. The van der Waals surface area contributed by atoms with Gasteiger partial charge in [-0.05, 0) is 6.92 Å². The molecule has 1 unspecified atom stereocenters. The summed E-state index contributed by atoms with van der Waals surface area (Å²) >= 11 is 0. The Morgan fingerprint density at radius 2 is 2.46 bits per heavy atom. The van der Waals surface area contributed by atoms with Crippen molar-refractivity contribution in [1.82, 2.24) is 0 Å². The van der Waals surface area contributed by atoms with E-state index in [9.17, 15) is 9.59 Å². The van der Waals surface area contributed by atoms with E-state index in [2.05, 4.69) is 4.74 Å². The molecule has 1 aliphatic rings. The molecule has 1 fully saturated rings. The van der Waals surface area contributed by atoms with Gasteiger partial charge in [-0.2, -0.15) is 0 Å². The highest BCUT2D eigenvalue weighted by Crippen LogP contribution is 2.12. The summed E-state index contributed by atoms with van der Waals surface area (Å²) in [6.45, 7) is 2.38. The summed E-state index contributed by atoms with van der Waals surface area (Å²) in [4.78, 5) is 21.6. The maximum Gasteiger partial charge on any atom is 0.508 e. The van der Waals surface area contributed by atoms with Gasteiger partial charge in [-0.3, -0.25) is 4.79 Å². The predicted molar refractivity (Wildman–Crippen MR) is 42.1 cm³/mol. The molecule has 0 spiro atoms. The predicted octanol–water partition coefficient (Wildman–Crippen LogP) is 0.865. The zero-order chi connectivity index (χ0) is 9.68. The molecule has 0 radical (unpaired) electrons. The molecule has 74 valence electrons. The Kier molecular flexibility index (Phi) is 3.54. The first-order valence-corrected chi connectivity index (χ1v) is 4.21. The number of rotatable bonds is 3. The molecule has 0 amide bonds. The number of cyclic esters (lactones) is 2. The van der Waals surface area contributed by atoms with E-state index >= 15 is 0 Å².